The number of nitrogens with one attached hydrogen (secondary N) is 1. The van der Waals surface area contributed by atoms with Crippen LogP contribution in [0.15, 0.2) is 4.99 Å². The topological polar surface area (TPSA) is 27.6 Å². The lowest BCUT2D eigenvalue weighted by Crippen LogP contribution is -2.43. The van der Waals surface area contributed by atoms with Crippen molar-refractivity contribution in [1.82, 2.24) is 10.2 Å². The van der Waals surface area contributed by atoms with Crippen molar-refractivity contribution >= 4 is 16.9 Å². The molecule has 0 amide bonds. The van der Waals surface area contributed by atoms with Crippen molar-refractivity contribution in [2.24, 2.45) is 10.4 Å². The first-order valence-electron chi connectivity index (χ1n) is 6.28. The SMILES string of the molecule is CN1CCC(C)(CNC2=NCCCS2)CC1. The van der Waals surface area contributed by atoms with Crippen molar-refractivity contribution in [3.05, 3.63) is 0 Å². The van der Waals surface area contributed by atoms with Crippen LogP contribution in [0.25, 0.3) is 0 Å². The minimum atomic E-state index is 0.465. The highest BCUT2D eigenvalue weighted by Crippen LogP contribution is 2.29. The van der Waals surface area contributed by atoms with E-state index in [4.69, 9.17) is 0 Å². The van der Waals surface area contributed by atoms with E-state index in [-0.39, 0.29) is 0 Å². The average molecular weight is 241 g/mol. The van der Waals surface area contributed by atoms with E-state index in [1.807, 2.05) is 11.8 Å². The fraction of sp³-hybridized carbons (Fsp3) is 0.917. The van der Waals surface area contributed by atoms with Crippen molar-refractivity contribution in [3.8, 4) is 0 Å². The van der Waals surface area contributed by atoms with Gasteiger partial charge in [0.25, 0.3) is 0 Å². The second-order valence-electron chi connectivity index (χ2n) is 5.36. The lowest BCUT2D eigenvalue weighted by Gasteiger charge is -2.38. The van der Waals surface area contributed by atoms with Gasteiger partial charge in [0.05, 0.1) is 0 Å². The summed E-state index contributed by atoms with van der Waals surface area (Å²) in [6, 6.07) is 0. The molecular formula is C12H23N3S. The van der Waals surface area contributed by atoms with Gasteiger partial charge in [-0.2, -0.15) is 0 Å². The molecule has 1 N–H and O–H groups in total. The second kappa shape index (κ2) is 5.41. The maximum absolute atomic E-state index is 4.52. The summed E-state index contributed by atoms with van der Waals surface area (Å²) < 4.78 is 0. The molecule has 16 heavy (non-hydrogen) atoms. The number of thioether (sulfide) groups is 1. The first-order valence-corrected chi connectivity index (χ1v) is 7.26. The summed E-state index contributed by atoms with van der Waals surface area (Å²) in [5.74, 6) is 1.23. The largest absolute Gasteiger partial charge is 0.364 e. The molecule has 0 aromatic heterocycles. The monoisotopic (exact) mass is 241 g/mol. The Balaban J connectivity index is 1.78. The van der Waals surface area contributed by atoms with Gasteiger partial charge in [0, 0.05) is 18.8 Å². The van der Waals surface area contributed by atoms with Crippen LogP contribution >= 0.6 is 11.8 Å². The van der Waals surface area contributed by atoms with Crippen molar-refractivity contribution in [1.29, 1.82) is 0 Å². The smallest absolute Gasteiger partial charge is 0.156 e. The van der Waals surface area contributed by atoms with E-state index in [0.29, 0.717) is 5.41 Å². The molecule has 1 fully saturated rings. The van der Waals surface area contributed by atoms with Gasteiger partial charge in [-0.1, -0.05) is 18.7 Å². The molecule has 1 saturated heterocycles. The van der Waals surface area contributed by atoms with Crippen molar-refractivity contribution in [3.63, 3.8) is 0 Å². The third kappa shape index (κ3) is 3.39. The van der Waals surface area contributed by atoms with Gasteiger partial charge in [-0.15, -0.1) is 0 Å². The molecule has 92 valence electrons. The van der Waals surface area contributed by atoms with Gasteiger partial charge in [0.1, 0.15) is 0 Å². The highest BCUT2D eigenvalue weighted by molar-refractivity contribution is 8.13. The van der Waals surface area contributed by atoms with E-state index < -0.39 is 0 Å². The molecule has 0 aliphatic carbocycles. The molecule has 2 heterocycles. The van der Waals surface area contributed by atoms with Gasteiger partial charge >= 0.3 is 0 Å². The Kier molecular flexibility index (Phi) is 4.14. The molecule has 0 spiro atoms. The minimum absolute atomic E-state index is 0.465. The Labute approximate surface area is 103 Å². The number of hydrogen-bond donors (Lipinski definition) is 1. The molecular weight excluding hydrogens is 218 g/mol. The van der Waals surface area contributed by atoms with Crippen molar-refractivity contribution in [2.75, 3.05) is 39.0 Å². The first-order chi connectivity index (χ1) is 7.68. The Morgan fingerprint density at radius 1 is 1.44 bits per heavy atom. The van der Waals surface area contributed by atoms with Crippen molar-refractivity contribution in [2.45, 2.75) is 26.2 Å². The Bertz CT molecular complexity index is 257. The number of aliphatic imine (C=N–C) groups is 1. The molecule has 0 radical (unpaired) electrons. The maximum atomic E-state index is 4.52. The number of rotatable bonds is 2. The van der Waals surface area contributed by atoms with Crippen LogP contribution in [0.5, 0.6) is 0 Å². The molecule has 0 aromatic rings. The van der Waals surface area contributed by atoms with Crippen LogP contribution in [0.2, 0.25) is 0 Å². The van der Waals surface area contributed by atoms with Crippen LogP contribution in [-0.2, 0) is 0 Å². The van der Waals surface area contributed by atoms with Crippen LogP contribution in [0.1, 0.15) is 26.2 Å². The molecule has 4 heteroatoms. The average Bonchev–Trinajstić information content (AvgIpc) is 2.33. The van der Waals surface area contributed by atoms with Gasteiger partial charge in [-0.3, -0.25) is 4.99 Å². The number of likely N-dealkylation sites (tertiary alicyclic amines) is 1. The zero-order valence-electron chi connectivity index (χ0n) is 10.5. The van der Waals surface area contributed by atoms with E-state index in [0.717, 1.165) is 13.1 Å². The summed E-state index contributed by atoms with van der Waals surface area (Å²) in [6.07, 6.45) is 3.83. The lowest BCUT2D eigenvalue weighted by molar-refractivity contribution is 0.142. The number of piperidine rings is 1. The van der Waals surface area contributed by atoms with Crippen molar-refractivity contribution < 1.29 is 0 Å². The molecule has 0 aromatic carbocycles. The van der Waals surface area contributed by atoms with Gasteiger partial charge < -0.3 is 10.2 Å². The Hall–Kier alpha value is -0.220. The van der Waals surface area contributed by atoms with Crippen LogP contribution in [-0.4, -0.2) is 49.0 Å². The minimum Gasteiger partial charge on any atom is -0.364 e. The molecule has 0 atom stereocenters. The molecule has 3 nitrogen and oxygen atoms in total. The lowest BCUT2D eigenvalue weighted by atomic mass is 9.80. The zero-order chi connectivity index (χ0) is 11.4. The van der Waals surface area contributed by atoms with Crippen LogP contribution in [0.3, 0.4) is 0 Å². The van der Waals surface area contributed by atoms with E-state index in [1.54, 1.807) is 0 Å². The summed E-state index contributed by atoms with van der Waals surface area (Å²) in [6.45, 7) is 6.97. The Morgan fingerprint density at radius 2 is 2.19 bits per heavy atom. The summed E-state index contributed by atoms with van der Waals surface area (Å²) in [5, 5.41) is 4.71. The first kappa shape index (κ1) is 12.2. The molecule has 2 rings (SSSR count). The number of hydrogen-bond acceptors (Lipinski definition) is 4. The summed E-state index contributed by atoms with van der Waals surface area (Å²) in [5.41, 5.74) is 0.465. The normalized spacial score (nSPS) is 26.2. The van der Waals surface area contributed by atoms with Gasteiger partial charge in [0.2, 0.25) is 0 Å². The van der Waals surface area contributed by atoms with Crippen LogP contribution < -0.4 is 5.32 Å². The summed E-state index contributed by atoms with van der Waals surface area (Å²) in [4.78, 5) is 6.94. The predicted octanol–water partition coefficient (Wildman–Crippen LogP) is 1.80. The van der Waals surface area contributed by atoms with Gasteiger partial charge in [-0.05, 0) is 44.8 Å². The standard InChI is InChI=1S/C12H23N3S/c1-12(4-7-15(2)8-5-12)10-14-11-13-6-3-9-16-11/h3-10H2,1-2H3,(H,13,14). The summed E-state index contributed by atoms with van der Waals surface area (Å²) in [7, 11) is 2.22. The van der Waals surface area contributed by atoms with E-state index in [1.165, 1.54) is 43.3 Å². The van der Waals surface area contributed by atoms with Gasteiger partial charge in [0.15, 0.2) is 5.17 Å². The van der Waals surface area contributed by atoms with Crippen LogP contribution in [0.4, 0.5) is 0 Å². The predicted molar refractivity (Wildman–Crippen MR) is 72.2 cm³/mol. The molecule has 0 bridgehead atoms. The molecule has 2 aliphatic rings. The highest BCUT2D eigenvalue weighted by Gasteiger charge is 2.28. The number of nitrogens with zero attached hydrogens (tertiary/aromatic N) is 2. The van der Waals surface area contributed by atoms with Crippen LogP contribution in [0, 0.1) is 5.41 Å². The third-order valence-electron chi connectivity index (χ3n) is 3.66. The van der Waals surface area contributed by atoms with E-state index in [2.05, 4.69) is 29.2 Å². The number of amidine groups is 1. The second-order valence-corrected chi connectivity index (χ2v) is 6.44. The van der Waals surface area contributed by atoms with E-state index in [9.17, 15) is 0 Å². The third-order valence-corrected chi connectivity index (χ3v) is 4.70. The maximum Gasteiger partial charge on any atom is 0.156 e. The Morgan fingerprint density at radius 3 is 2.81 bits per heavy atom. The van der Waals surface area contributed by atoms with Gasteiger partial charge in [-0.25, -0.2) is 0 Å². The van der Waals surface area contributed by atoms with E-state index >= 15 is 0 Å². The molecule has 2 aliphatic heterocycles. The fourth-order valence-corrected chi connectivity index (χ4v) is 3.01. The molecule has 0 unspecified atom stereocenters. The quantitative estimate of drug-likeness (QED) is 0.799. The zero-order valence-corrected chi connectivity index (χ0v) is 11.3. The highest BCUT2D eigenvalue weighted by atomic mass is 32.2. The summed E-state index contributed by atoms with van der Waals surface area (Å²) >= 11 is 1.88. The fourth-order valence-electron chi connectivity index (χ4n) is 2.19. The molecule has 0 saturated carbocycles.